The number of carbonyl (C=O) groups is 2. The molecule has 1 amide bonds. The minimum absolute atomic E-state index is 0. The number of nitrogens with one attached hydrogen (secondary N) is 2. The summed E-state index contributed by atoms with van der Waals surface area (Å²) in [6.45, 7) is 2.91. The van der Waals surface area contributed by atoms with Crippen LogP contribution in [0, 0.1) is 5.82 Å². The molecule has 0 aromatic heterocycles. The van der Waals surface area contributed by atoms with Crippen LogP contribution in [0.4, 0.5) is 4.39 Å². The number of rotatable bonds is 7. The largest absolute Gasteiger partial charge is 0.466 e. The first kappa shape index (κ1) is 21.7. The van der Waals surface area contributed by atoms with Gasteiger partial charge in [0.15, 0.2) is 0 Å². The van der Waals surface area contributed by atoms with E-state index in [1.54, 1.807) is 19.1 Å². The van der Waals surface area contributed by atoms with Crippen molar-refractivity contribution in [1.82, 2.24) is 10.6 Å². The summed E-state index contributed by atoms with van der Waals surface area (Å²) >= 11 is 1.82. The zero-order valence-electron chi connectivity index (χ0n) is 14.1. The van der Waals surface area contributed by atoms with E-state index in [9.17, 15) is 14.0 Å². The molecule has 2 atom stereocenters. The average molecular weight is 391 g/mol. The van der Waals surface area contributed by atoms with Gasteiger partial charge in [0.2, 0.25) is 5.91 Å². The molecule has 140 valence electrons. The second-order valence-electron chi connectivity index (χ2n) is 5.61. The minimum Gasteiger partial charge on any atom is -0.466 e. The number of carbonyl (C=O) groups excluding carboxylic acids is 2. The Morgan fingerprint density at radius 3 is 2.72 bits per heavy atom. The Labute approximate surface area is 157 Å². The monoisotopic (exact) mass is 390 g/mol. The standard InChI is InChI=1S/C17H23FN2O3S.ClH/c1-2-23-17(22)10-15(12-3-5-13(18)6-4-12)20-16(21)9-14-11-24-8-7-19-14;/h3-6,14-15,19H,2,7-11H2,1H3,(H,20,21);1H. The van der Waals surface area contributed by atoms with E-state index in [0.717, 1.165) is 18.1 Å². The lowest BCUT2D eigenvalue weighted by molar-refractivity contribution is -0.143. The first-order valence-corrected chi connectivity index (χ1v) is 9.25. The molecule has 0 bridgehead atoms. The summed E-state index contributed by atoms with van der Waals surface area (Å²) in [5.74, 6) is 1.07. The molecule has 1 aliphatic heterocycles. The van der Waals surface area contributed by atoms with Gasteiger partial charge in [-0.05, 0) is 24.6 Å². The Hall–Kier alpha value is -1.31. The van der Waals surface area contributed by atoms with Crippen LogP contribution < -0.4 is 10.6 Å². The van der Waals surface area contributed by atoms with Crippen LogP contribution in [0.5, 0.6) is 0 Å². The smallest absolute Gasteiger partial charge is 0.308 e. The highest BCUT2D eigenvalue weighted by molar-refractivity contribution is 7.99. The van der Waals surface area contributed by atoms with E-state index in [-0.39, 0.29) is 43.2 Å². The van der Waals surface area contributed by atoms with E-state index < -0.39 is 12.0 Å². The van der Waals surface area contributed by atoms with Gasteiger partial charge >= 0.3 is 5.97 Å². The van der Waals surface area contributed by atoms with E-state index >= 15 is 0 Å². The van der Waals surface area contributed by atoms with Crippen molar-refractivity contribution in [2.24, 2.45) is 0 Å². The predicted molar refractivity (Wildman–Crippen MR) is 99.5 cm³/mol. The third-order valence-corrected chi connectivity index (χ3v) is 4.84. The Bertz CT molecular complexity index is 553. The topological polar surface area (TPSA) is 67.4 Å². The fourth-order valence-electron chi connectivity index (χ4n) is 2.56. The lowest BCUT2D eigenvalue weighted by Crippen LogP contribution is -2.42. The number of ether oxygens (including phenoxy) is 1. The summed E-state index contributed by atoms with van der Waals surface area (Å²) in [6, 6.07) is 5.41. The SMILES string of the molecule is CCOC(=O)CC(NC(=O)CC1CSCCN1)c1ccc(F)cc1.Cl. The Morgan fingerprint density at radius 1 is 1.40 bits per heavy atom. The molecular weight excluding hydrogens is 367 g/mol. The highest BCUT2D eigenvalue weighted by Crippen LogP contribution is 2.19. The maximum atomic E-state index is 13.1. The zero-order valence-corrected chi connectivity index (χ0v) is 15.8. The number of esters is 1. The summed E-state index contributed by atoms with van der Waals surface area (Å²) < 4.78 is 18.1. The van der Waals surface area contributed by atoms with Gasteiger partial charge in [0.05, 0.1) is 19.1 Å². The van der Waals surface area contributed by atoms with Gasteiger partial charge in [-0.3, -0.25) is 9.59 Å². The lowest BCUT2D eigenvalue weighted by atomic mass is 10.0. The molecule has 1 aliphatic rings. The van der Waals surface area contributed by atoms with Crippen LogP contribution in [-0.4, -0.2) is 42.6 Å². The minimum atomic E-state index is -0.520. The van der Waals surface area contributed by atoms with Gasteiger partial charge in [0, 0.05) is 30.5 Å². The van der Waals surface area contributed by atoms with Crippen LogP contribution in [0.15, 0.2) is 24.3 Å². The summed E-state index contributed by atoms with van der Waals surface area (Å²) in [5, 5.41) is 6.19. The number of hydrogen-bond donors (Lipinski definition) is 2. The van der Waals surface area contributed by atoms with Gasteiger partial charge in [-0.2, -0.15) is 11.8 Å². The van der Waals surface area contributed by atoms with E-state index in [4.69, 9.17) is 4.74 Å². The molecule has 2 rings (SSSR count). The highest BCUT2D eigenvalue weighted by atomic mass is 35.5. The summed E-state index contributed by atoms with van der Waals surface area (Å²) in [4.78, 5) is 24.1. The van der Waals surface area contributed by atoms with Gasteiger partial charge in [-0.1, -0.05) is 12.1 Å². The first-order chi connectivity index (χ1) is 11.6. The molecule has 1 saturated heterocycles. The van der Waals surface area contributed by atoms with Crippen LogP contribution >= 0.6 is 24.2 Å². The fraction of sp³-hybridized carbons (Fsp3) is 0.529. The van der Waals surface area contributed by atoms with E-state index in [2.05, 4.69) is 10.6 Å². The molecule has 0 radical (unpaired) electrons. The van der Waals surface area contributed by atoms with Crippen molar-refractivity contribution in [3.05, 3.63) is 35.6 Å². The molecule has 1 heterocycles. The Morgan fingerprint density at radius 2 is 2.12 bits per heavy atom. The van der Waals surface area contributed by atoms with Gasteiger partial charge in [0.25, 0.3) is 0 Å². The van der Waals surface area contributed by atoms with Crippen molar-refractivity contribution in [3.8, 4) is 0 Å². The number of thioether (sulfide) groups is 1. The van der Waals surface area contributed by atoms with Crippen LogP contribution in [0.3, 0.4) is 0 Å². The average Bonchev–Trinajstić information content (AvgIpc) is 2.56. The number of benzene rings is 1. The molecular formula is C17H24ClFN2O3S. The Balaban J connectivity index is 0.00000312. The van der Waals surface area contributed by atoms with Crippen molar-refractivity contribution in [1.29, 1.82) is 0 Å². The van der Waals surface area contributed by atoms with E-state index in [0.29, 0.717) is 12.0 Å². The second-order valence-corrected chi connectivity index (χ2v) is 6.76. The van der Waals surface area contributed by atoms with Gasteiger partial charge in [0.1, 0.15) is 5.82 Å². The number of amides is 1. The molecule has 25 heavy (non-hydrogen) atoms. The number of halogens is 2. The molecule has 2 unspecified atom stereocenters. The molecule has 0 saturated carbocycles. The zero-order chi connectivity index (χ0) is 17.4. The molecule has 1 aromatic carbocycles. The van der Waals surface area contributed by atoms with Crippen LogP contribution in [-0.2, 0) is 14.3 Å². The normalized spacial score (nSPS) is 17.9. The van der Waals surface area contributed by atoms with Gasteiger partial charge in [-0.15, -0.1) is 12.4 Å². The van der Waals surface area contributed by atoms with Crippen molar-refractivity contribution in [3.63, 3.8) is 0 Å². The second kappa shape index (κ2) is 11.3. The van der Waals surface area contributed by atoms with Crippen molar-refractivity contribution in [2.75, 3.05) is 24.7 Å². The maximum absolute atomic E-state index is 13.1. The van der Waals surface area contributed by atoms with E-state index in [1.807, 2.05) is 11.8 Å². The molecule has 2 N–H and O–H groups in total. The molecule has 1 aromatic rings. The third-order valence-electron chi connectivity index (χ3n) is 3.71. The molecule has 0 spiro atoms. The van der Waals surface area contributed by atoms with Crippen LogP contribution in [0.2, 0.25) is 0 Å². The van der Waals surface area contributed by atoms with Crippen molar-refractivity contribution < 1.29 is 18.7 Å². The van der Waals surface area contributed by atoms with Gasteiger partial charge < -0.3 is 15.4 Å². The van der Waals surface area contributed by atoms with Crippen LogP contribution in [0.1, 0.15) is 31.4 Å². The summed E-state index contributed by atoms with van der Waals surface area (Å²) in [5.41, 5.74) is 0.684. The predicted octanol–water partition coefficient (Wildman–Crippen LogP) is 2.45. The maximum Gasteiger partial charge on any atom is 0.308 e. The third kappa shape index (κ3) is 7.63. The van der Waals surface area contributed by atoms with E-state index in [1.165, 1.54) is 12.1 Å². The Kier molecular flexibility index (Phi) is 9.85. The van der Waals surface area contributed by atoms with Crippen LogP contribution in [0.25, 0.3) is 0 Å². The molecule has 1 fully saturated rings. The molecule has 0 aliphatic carbocycles. The summed E-state index contributed by atoms with van der Waals surface area (Å²) in [7, 11) is 0. The summed E-state index contributed by atoms with van der Waals surface area (Å²) in [6.07, 6.45) is 0.381. The lowest BCUT2D eigenvalue weighted by Gasteiger charge is -2.24. The molecule has 5 nitrogen and oxygen atoms in total. The molecule has 8 heteroatoms. The fourth-order valence-corrected chi connectivity index (χ4v) is 3.51. The first-order valence-electron chi connectivity index (χ1n) is 8.10. The number of hydrogen-bond acceptors (Lipinski definition) is 5. The van der Waals surface area contributed by atoms with Crippen molar-refractivity contribution in [2.45, 2.75) is 31.8 Å². The quantitative estimate of drug-likeness (QED) is 0.700. The highest BCUT2D eigenvalue weighted by Gasteiger charge is 2.22. The van der Waals surface area contributed by atoms with Gasteiger partial charge in [-0.25, -0.2) is 4.39 Å². The van der Waals surface area contributed by atoms with Crippen molar-refractivity contribution >= 4 is 36.0 Å².